The minimum absolute atomic E-state index is 0.827. The molecular formula is C13H21N5. The fraction of sp³-hybridized carbons (Fsp3) is 0.538. The Bertz CT molecular complexity index is 471. The Morgan fingerprint density at radius 3 is 3.00 bits per heavy atom. The van der Waals surface area contributed by atoms with E-state index in [0.717, 1.165) is 38.3 Å². The molecule has 2 aromatic heterocycles. The maximum absolute atomic E-state index is 4.37. The van der Waals surface area contributed by atoms with Gasteiger partial charge in [0.25, 0.3) is 0 Å². The molecule has 0 radical (unpaired) electrons. The van der Waals surface area contributed by atoms with Crippen LogP contribution in [0.25, 0.3) is 0 Å². The highest BCUT2D eigenvalue weighted by Gasteiger charge is 2.01. The van der Waals surface area contributed by atoms with E-state index in [1.807, 2.05) is 30.3 Å². The second-order valence-corrected chi connectivity index (χ2v) is 4.49. The molecule has 0 atom stereocenters. The van der Waals surface area contributed by atoms with Crippen molar-refractivity contribution in [1.29, 1.82) is 0 Å². The van der Waals surface area contributed by atoms with Crippen LogP contribution in [0.1, 0.15) is 24.7 Å². The van der Waals surface area contributed by atoms with Crippen molar-refractivity contribution < 1.29 is 0 Å². The summed E-state index contributed by atoms with van der Waals surface area (Å²) in [6, 6.07) is 0. The number of rotatable bonds is 7. The molecule has 5 heteroatoms. The molecule has 0 spiro atoms. The first-order chi connectivity index (χ1) is 8.79. The molecule has 0 bridgehead atoms. The lowest BCUT2D eigenvalue weighted by molar-refractivity contribution is 0.589. The van der Waals surface area contributed by atoms with E-state index in [0.29, 0.717) is 0 Å². The zero-order valence-corrected chi connectivity index (χ0v) is 11.1. The lowest BCUT2D eigenvalue weighted by atomic mass is 10.2. The van der Waals surface area contributed by atoms with Crippen molar-refractivity contribution in [2.45, 2.75) is 32.9 Å². The van der Waals surface area contributed by atoms with Crippen molar-refractivity contribution in [1.82, 2.24) is 24.6 Å². The van der Waals surface area contributed by atoms with E-state index in [1.165, 1.54) is 5.56 Å². The van der Waals surface area contributed by atoms with Crippen molar-refractivity contribution in [2.75, 3.05) is 6.54 Å². The molecule has 2 rings (SSSR count). The number of nitrogens with one attached hydrogen (secondary N) is 1. The van der Waals surface area contributed by atoms with Gasteiger partial charge in [0.2, 0.25) is 0 Å². The first kappa shape index (κ1) is 12.8. The van der Waals surface area contributed by atoms with Crippen molar-refractivity contribution in [3.05, 3.63) is 36.2 Å². The maximum atomic E-state index is 4.37. The van der Waals surface area contributed by atoms with Gasteiger partial charge in [0, 0.05) is 32.2 Å². The molecule has 0 aliphatic heterocycles. The summed E-state index contributed by atoms with van der Waals surface area (Å²) in [5.41, 5.74) is 1.27. The van der Waals surface area contributed by atoms with E-state index in [-0.39, 0.29) is 0 Å². The van der Waals surface area contributed by atoms with E-state index < -0.39 is 0 Å². The number of hydrogen-bond acceptors (Lipinski definition) is 3. The van der Waals surface area contributed by atoms with Crippen LogP contribution in [0.5, 0.6) is 0 Å². The largest absolute Gasteiger partial charge is 0.334 e. The van der Waals surface area contributed by atoms with Crippen molar-refractivity contribution in [3.63, 3.8) is 0 Å². The topological polar surface area (TPSA) is 47.7 Å². The van der Waals surface area contributed by atoms with Gasteiger partial charge in [-0.15, -0.1) is 0 Å². The fourth-order valence-electron chi connectivity index (χ4n) is 1.99. The minimum atomic E-state index is 0.827. The average Bonchev–Trinajstić information content (AvgIpc) is 2.95. The Morgan fingerprint density at radius 2 is 2.28 bits per heavy atom. The van der Waals surface area contributed by atoms with Crippen LogP contribution in [0.15, 0.2) is 24.8 Å². The molecule has 0 saturated heterocycles. The third-order valence-electron chi connectivity index (χ3n) is 2.90. The van der Waals surface area contributed by atoms with Crippen molar-refractivity contribution >= 4 is 0 Å². The summed E-state index contributed by atoms with van der Waals surface area (Å²) in [6.45, 7) is 5.00. The third-order valence-corrected chi connectivity index (χ3v) is 2.90. The van der Waals surface area contributed by atoms with Crippen LogP contribution in [-0.4, -0.2) is 25.9 Å². The summed E-state index contributed by atoms with van der Waals surface area (Å²) in [4.78, 5) is 4.37. The van der Waals surface area contributed by atoms with Crippen LogP contribution in [0.3, 0.4) is 0 Å². The number of imidazole rings is 1. The number of hydrogen-bond donors (Lipinski definition) is 1. The average molecular weight is 247 g/mol. The molecule has 0 aliphatic rings. The van der Waals surface area contributed by atoms with Gasteiger partial charge in [0.05, 0.1) is 12.7 Å². The highest BCUT2D eigenvalue weighted by atomic mass is 15.2. The molecule has 0 aromatic carbocycles. The Kier molecular flexibility index (Phi) is 4.52. The zero-order valence-electron chi connectivity index (χ0n) is 11.1. The molecule has 2 aromatic rings. The first-order valence-electron chi connectivity index (χ1n) is 6.48. The number of aryl methyl sites for hydroxylation is 2. The zero-order chi connectivity index (χ0) is 12.8. The smallest absolute Gasteiger partial charge is 0.122 e. The van der Waals surface area contributed by atoms with Crippen molar-refractivity contribution in [3.8, 4) is 0 Å². The highest BCUT2D eigenvalue weighted by Crippen LogP contribution is 2.00. The molecule has 0 amide bonds. The Labute approximate surface area is 108 Å². The predicted molar refractivity (Wildman–Crippen MR) is 71.1 cm³/mol. The quantitative estimate of drug-likeness (QED) is 0.752. The van der Waals surface area contributed by atoms with E-state index in [4.69, 9.17) is 0 Å². The lowest BCUT2D eigenvalue weighted by Gasteiger charge is -2.07. The monoisotopic (exact) mass is 247 g/mol. The SMILES string of the molecule is CCCn1ccnc1CNCCc1cnn(C)c1. The van der Waals surface area contributed by atoms with E-state index in [1.54, 1.807) is 0 Å². The van der Waals surface area contributed by atoms with E-state index in [2.05, 4.69) is 33.1 Å². The van der Waals surface area contributed by atoms with E-state index >= 15 is 0 Å². The maximum Gasteiger partial charge on any atom is 0.122 e. The van der Waals surface area contributed by atoms with Gasteiger partial charge >= 0.3 is 0 Å². The van der Waals surface area contributed by atoms with Gasteiger partial charge in [0.15, 0.2) is 0 Å². The summed E-state index contributed by atoms with van der Waals surface area (Å²) < 4.78 is 4.04. The normalized spacial score (nSPS) is 11.0. The van der Waals surface area contributed by atoms with Crippen LogP contribution in [-0.2, 0) is 26.6 Å². The molecule has 0 fully saturated rings. The number of aromatic nitrogens is 4. The lowest BCUT2D eigenvalue weighted by Crippen LogP contribution is -2.19. The van der Waals surface area contributed by atoms with Crippen molar-refractivity contribution in [2.24, 2.45) is 7.05 Å². The van der Waals surface area contributed by atoms with E-state index in [9.17, 15) is 0 Å². The van der Waals surface area contributed by atoms with Crippen LogP contribution in [0, 0.1) is 0 Å². The Balaban J connectivity index is 1.73. The fourth-order valence-corrected chi connectivity index (χ4v) is 1.99. The van der Waals surface area contributed by atoms with Gasteiger partial charge in [-0.2, -0.15) is 5.10 Å². The number of nitrogens with zero attached hydrogens (tertiary/aromatic N) is 4. The molecular weight excluding hydrogens is 226 g/mol. The molecule has 0 aliphatic carbocycles. The summed E-state index contributed by atoms with van der Waals surface area (Å²) in [7, 11) is 1.94. The van der Waals surface area contributed by atoms with Gasteiger partial charge < -0.3 is 9.88 Å². The second-order valence-electron chi connectivity index (χ2n) is 4.49. The minimum Gasteiger partial charge on any atom is -0.334 e. The van der Waals surface area contributed by atoms with Gasteiger partial charge in [-0.3, -0.25) is 4.68 Å². The van der Waals surface area contributed by atoms with Crippen LogP contribution in [0.4, 0.5) is 0 Å². The van der Waals surface area contributed by atoms with Crippen LogP contribution >= 0.6 is 0 Å². The molecule has 2 heterocycles. The van der Waals surface area contributed by atoms with Gasteiger partial charge in [-0.25, -0.2) is 4.98 Å². The summed E-state index contributed by atoms with van der Waals surface area (Å²) in [5.74, 6) is 1.11. The van der Waals surface area contributed by atoms with Crippen LogP contribution < -0.4 is 5.32 Å². The van der Waals surface area contributed by atoms with Crippen LogP contribution in [0.2, 0.25) is 0 Å². The van der Waals surface area contributed by atoms with Gasteiger partial charge in [-0.05, 0) is 24.9 Å². The highest BCUT2D eigenvalue weighted by molar-refractivity contribution is 5.04. The molecule has 0 unspecified atom stereocenters. The standard InChI is InChI=1S/C13H21N5/c1-3-7-18-8-6-15-13(18)10-14-5-4-12-9-16-17(2)11-12/h6,8-9,11,14H,3-5,7,10H2,1-2H3. The van der Waals surface area contributed by atoms with Gasteiger partial charge in [0.1, 0.15) is 5.82 Å². The summed E-state index contributed by atoms with van der Waals surface area (Å²) in [6.07, 6.45) is 10.0. The first-order valence-corrected chi connectivity index (χ1v) is 6.48. The molecule has 18 heavy (non-hydrogen) atoms. The predicted octanol–water partition coefficient (Wildman–Crippen LogP) is 1.36. The molecule has 98 valence electrons. The summed E-state index contributed by atoms with van der Waals surface area (Å²) in [5, 5.41) is 7.58. The molecule has 0 saturated carbocycles. The van der Waals surface area contributed by atoms with Gasteiger partial charge in [-0.1, -0.05) is 6.92 Å². The Hall–Kier alpha value is -1.62. The second kappa shape index (κ2) is 6.35. The third kappa shape index (κ3) is 3.43. The Morgan fingerprint density at radius 1 is 1.39 bits per heavy atom. The summed E-state index contributed by atoms with van der Waals surface area (Å²) >= 11 is 0. The molecule has 5 nitrogen and oxygen atoms in total. The molecule has 1 N–H and O–H groups in total.